The third-order valence-electron chi connectivity index (χ3n) is 2.86. The second-order valence-electron chi connectivity index (χ2n) is 4.27. The number of rotatable bonds is 3. The molecule has 9 heteroatoms. The van der Waals surface area contributed by atoms with Gasteiger partial charge in [0.05, 0.1) is 19.1 Å². The van der Waals surface area contributed by atoms with Crippen molar-refractivity contribution >= 4 is 17.0 Å². The first-order valence-corrected chi connectivity index (χ1v) is 5.99. The summed E-state index contributed by atoms with van der Waals surface area (Å²) in [6.45, 7) is 0.237. The van der Waals surface area contributed by atoms with Gasteiger partial charge in [-0.1, -0.05) is 0 Å². The molecule has 0 aliphatic rings. The van der Waals surface area contributed by atoms with Crippen LogP contribution in [0, 0.1) is 0 Å². The zero-order chi connectivity index (χ0) is 15.0. The number of furan rings is 1. The van der Waals surface area contributed by atoms with E-state index in [9.17, 15) is 13.2 Å². The highest BCUT2D eigenvalue weighted by molar-refractivity contribution is 5.83. The molecular weight excluding hydrogens is 287 g/mol. The number of imidazole rings is 1. The van der Waals surface area contributed by atoms with Crippen molar-refractivity contribution in [1.29, 1.82) is 0 Å². The molecule has 0 unspecified atom stereocenters. The van der Waals surface area contributed by atoms with E-state index in [4.69, 9.17) is 4.42 Å². The minimum absolute atomic E-state index is 0.0329. The van der Waals surface area contributed by atoms with E-state index in [1.807, 2.05) is 0 Å². The maximum atomic E-state index is 12.8. The standard InChI is InChI=1S/C12H10F3N5O/c1-16-9-8-10(19-11(18-9)12(13,14)15)20(6-17-8)5-7-3-2-4-21-7/h2-4,6H,5H2,1H3,(H,16,18,19). The monoisotopic (exact) mass is 297 g/mol. The van der Waals surface area contributed by atoms with E-state index in [1.165, 1.54) is 24.2 Å². The average Bonchev–Trinajstić information content (AvgIpc) is 3.07. The van der Waals surface area contributed by atoms with E-state index >= 15 is 0 Å². The fourth-order valence-electron chi connectivity index (χ4n) is 1.93. The van der Waals surface area contributed by atoms with Crippen LogP contribution < -0.4 is 5.32 Å². The van der Waals surface area contributed by atoms with Crippen LogP contribution in [0.5, 0.6) is 0 Å². The molecule has 0 saturated heterocycles. The van der Waals surface area contributed by atoms with Crippen molar-refractivity contribution in [3.8, 4) is 0 Å². The molecule has 0 aliphatic heterocycles. The molecule has 0 bridgehead atoms. The summed E-state index contributed by atoms with van der Waals surface area (Å²) in [6, 6.07) is 3.42. The average molecular weight is 297 g/mol. The summed E-state index contributed by atoms with van der Waals surface area (Å²) in [7, 11) is 1.48. The van der Waals surface area contributed by atoms with Crippen LogP contribution in [0.1, 0.15) is 11.6 Å². The van der Waals surface area contributed by atoms with Crippen LogP contribution in [-0.4, -0.2) is 26.6 Å². The molecule has 0 aromatic carbocycles. The Morgan fingerprint density at radius 1 is 1.33 bits per heavy atom. The minimum atomic E-state index is -4.63. The van der Waals surface area contributed by atoms with Crippen LogP contribution in [0.3, 0.4) is 0 Å². The minimum Gasteiger partial charge on any atom is -0.467 e. The molecule has 0 spiro atoms. The lowest BCUT2D eigenvalue weighted by Gasteiger charge is -2.08. The number of hydrogen-bond donors (Lipinski definition) is 1. The van der Waals surface area contributed by atoms with E-state index in [0.29, 0.717) is 5.76 Å². The van der Waals surface area contributed by atoms with E-state index < -0.39 is 12.0 Å². The van der Waals surface area contributed by atoms with Crippen molar-refractivity contribution in [1.82, 2.24) is 19.5 Å². The van der Waals surface area contributed by atoms with E-state index in [1.54, 1.807) is 12.1 Å². The Morgan fingerprint density at radius 2 is 2.14 bits per heavy atom. The number of halogens is 3. The Labute approximate surface area is 116 Å². The molecule has 0 aliphatic carbocycles. The Morgan fingerprint density at radius 3 is 2.76 bits per heavy atom. The van der Waals surface area contributed by atoms with Crippen molar-refractivity contribution in [2.75, 3.05) is 12.4 Å². The molecule has 3 aromatic heterocycles. The highest BCUT2D eigenvalue weighted by Crippen LogP contribution is 2.29. The van der Waals surface area contributed by atoms with Gasteiger partial charge in [0.25, 0.3) is 0 Å². The van der Waals surface area contributed by atoms with Gasteiger partial charge in [0.15, 0.2) is 11.5 Å². The van der Waals surface area contributed by atoms with Gasteiger partial charge in [0, 0.05) is 7.05 Å². The van der Waals surface area contributed by atoms with Crippen molar-refractivity contribution in [3.05, 3.63) is 36.3 Å². The molecule has 0 saturated carbocycles. The lowest BCUT2D eigenvalue weighted by atomic mass is 10.4. The summed E-state index contributed by atoms with van der Waals surface area (Å²) in [4.78, 5) is 11.1. The number of anilines is 1. The zero-order valence-corrected chi connectivity index (χ0v) is 10.8. The number of aromatic nitrogens is 4. The van der Waals surface area contributed by atoms with Gasteiger partial charge in [-0.15, -0.1) is 0 Å². The van der Waals surface area contributed by atoms with E-state index in [0.717, 1.165) is 0 Å². The smallest absolute Gasteiger partial charge is 0.451 e. The predicted molar refractivity (Wildman–Crippen MR) is 67.7 cm³/mol. The van der Waals surface area contributed by atoms with E-state index in [-0.39, 0.29) is 23.5 Å². The lowest BCUT2D eigenvalue weighted by molar-refractivity contribution is -0.144. The van der Waals surface area contributed by atoms with Crippen molar-refractivity contribution in [2.24, 2.45) is 0 Å². The molecule has 110 valence electrons. The molecule has 0 fully saturated rings. The van der Waals surface area contributed by atoms with E-state index in [2.05, 4.69) is 20.3 Å². The van der Waals surface area contributed by atoms with Crippen molar-refractivity contribution < 1.29 is 17.6 Å². The van der Waals surface area contributed by atoms with Crippen LogP contribution in [-0.2, 0) is 12.7 Å². The van der Waals surface area contributed by atoms with Gasteiger partial charge in [-0.05, 0) is 12.1 Å². The highest BCUT2D eigenvalue weighted by atomic mass is 19.4. The number of hydrogen-bond acceptors (Lipinski definition) is 5. The van der Waals surface area contributed by atoms with Gasteiger partial charge in [-0.25, -0.2) is 15.0 Å². The summed E-state index contributed by atoms with van der Waals surface area (Å²) >= 11 is 0. The van der Waals surface area contributed by atoms with Crippen molar-refractivity contribution in [2.45, 2.75) is 12.7 Å². The van der Waals surface area contributed by atoms with Gasteiger partial charge in [-0.3, -0.25) is 0 Å². The number of nitrogens with one attached hydrogen (secondary N) is 1. The SMILES string of the molecule is CNc1nc(C(F)(F)F)nc2c1ncn2Cc1ccco1. The third-order valence-corrected chi connectivity index (χ3v) is 2.86. The predicted octanol–water partition coefficient (Wildman–Crippen LogP) is 2.53. The normalized spacial score (nSPS) is 12.0. The fraction of sp³-hybridized carbons (Fsp3) is 0.250. The summed E-state index contributed by atoms with van der Waals surface area (Å²) in [6.07, 6.45) is -1.73. The molecule has 0 radical (unpaired) electrons. The molecule has 6 nitrogen and oxygen atoms in total. The maximum absolute atomic E-state index is 12.8. The molecule has 21 heavy (non-hydrogen) atoms. The molecule has 1 N–H and O–H groups in total. The second-order valence-corrected chi connectivity index (χ2v) is 4.27. The van der Waals surface area contributed by atoms with Crippen molar-refractivity contribution in [3.63, 3.8) is 0 Å². The largest absolute Gasteiger partial charge is 0.467 e. The van der Waals surface area contributed by atoms with Crippen LogP contribution >= 0.6 is 0 Å². The highest BCUT2D eigenvalue weighted by Gasteiger charge is 2.36. The third kappa shape index (κ3) is 2.41. The summed E-state index contributed by atoms with van der Waals surface area (Å²) < 4.78 is 45.2. The number of nitrogens with zero attached hydrogens (tertiary/aromatic N) is 4. The van der Waals surface area contributed by atoms with Gasteiger partial charge < -0.3 is 14.3 Å². The summed E-state index contributed by atoms with van der Waals surface area (Å²) in [5.41, 5.74) is 0.370. The first kappa shape index (κ1) is 13.4. The molecule has 3 rings (SSSR count). The molecule has 3 heterocycles. The lowest BCUT2D eigenvalue weighted by Crippen LogP contribution is -2.13. The van der Waals surface area contributed by atoms with Crippen LogP contribution in [0.25, 0.3) is 11.2 Å². The summed E-state index contributed by atoms with van der Waals surface area (Å²) in [5.74, 6) is -0.585. The zero-order valence-electron chi connectivity index (χ0n) is 10.8. The van der Waals surface area contributed by atoms with Crippen LogP contribution in [0.4, 0.5) is 19.0 Å². The molecule has 0 amide bonds. The van der Waals surface area contributed by atoms with Gasteiger partial charge in [0.2, 0.25) is 5.82 Å². The quantitative estimate of drug-likeness (QED) is 0.804. The second kappa shape index (κ2) is 4.76. The first-order chi connectivity index (χ1) is 9.99. The Bertz CT molecular complexity index is 763. The van der Waals surface area contributed by atoms with Crippen LogP contribution in [0.15, 0.2) is 29.1 Å². The van der Waals surface area contributed by atoms with Crippen LogP contribution in [0.2, 0.25) is 0 Å². The Kier molecular flexibility index (Phi) is 3.04. The van der Waals surface area contributed by atoms with Gasteiger partial charge >= 0.3 is 6.18 Å². The topological polar surface area (TPSA) is 68.8 Å². The number of fused-ring (bicyclic) bond motifs is 1. The Hall–Kier alpha value is -2.58. The number of alkyl halides is 3. The summed E-state index contributed by atoms with van der Waals surface area (Å²) in [5, 5.41) is 2.60. The van der Waals surface area contributed by atoms with Gasteiger partial charge in [-0.2, -0.15) is 13.2 Å². The molecule has 0 atom stereocenters. The first-order valence-electron chi connectivity index (χ1n) is 5.99. The fourth-order valence-corrected chi connectivity index (χ4v) is 1.93. The molecule has 3 aromatic rings. The maximum Gasteiger partial charge on any atom is 0.451 e. The molecular formula is C12H10F3N5O. The Balaban J connectivity index is 2.14. The van der Waals surface area contributed by atoms with Gasteiger partial charge in [0.1, 0.15) is 11.3 Å².